The molecular formula is C23H28N4O3S. The van der Waals surface area contributed by atoms with Gasteiger partial charge in [0, 0.05) is 18.7 Å². The van der Waals surface area contributed by atoms with Crippen molar-refractivity contribution in [2.45, 2.75) is 69.4 Å². The monoisotopic (exact) mass is 440 g/mol. The summed E-state index contributed by atoms with van der Waals surface area (Å²) in [5.41, 5.74) is 0.945. The first-order valence-corrected chi connectivity index (χ1v) is 12.1. The minimum absolute atomic E-state index is 0.0289. The van der Waals surface area contributed by atoms with Crippen LogP contribution >= 0.6 is 11.3 Å². The van der Waals surface area contributed by atoms with Gasteiger partial charge in [-0.1, -0.05) is 49.3 Å². The molecule has 1 aromatic heterocycles. The van der Waals surface area contributed by atoms with Crippen LogP contribution in [0.2, 0.25) is 0 Å². The summed E-state index contributed by atoms with van der Waals surface area (Å²) < 4.78 is 5.89. The van der Waals surface area contributed by atoms with Gasteiger partial charge in [0.1, 0.15) is 5.01 Å². The third-order valence-corrected chi connectivity index (χ3v) is 7.95. The van der Waals surface area contributed by atoms with Gasteiger partial charge in [-0.3, -0.25) is 14.9 Å². The molecular weight excluding hydrogens is 412 g/mol. The van der Waals surface area contributed by atoms with E-state index in [1.807, 2.05) is 36.1 Å². The van der Waals surface area contributed by atoms with Crippen LogP contribution < -0.4 is 5.32 Å². The molecule has 2 amide bonds. The molecule has 2 atom stereocenters. The fraction of sp³-hybridized carbons (Fsp3) is 0.565. The van der Waals surface area contributed by atoms with E-state index in [9.17, 15) is 9.59 Å². The third-order valence-electron chi connectivity index (χ3n) is 6.96. The number of rotatable bonds is 5. The van der Waals surface area contributed by atoms with Crippen LogP contribution in [0, 0.1) is 0 Å². The van der Waals surface area contributed by atoms with Crippen molar-refractivity contribution < 1.29 is 14.3 Å². The predicted octanol–water partition coefficient (Wildman–Crippen LogP) is 3.77. The molecule has 1 aliphatic carbocycles. The van der Waals surface area contributed by atoms with E-state index < -0.39 is 11.5 Å². The molecule has 8 heteroatoms. The summed E-state index contributed by atoms with van der Waals surface area (Å²) >= 11 is 1.41. The average Bonchev–Trinajstić information content (AvgIpc) is 3.54. The quantitative estimate of drug-likeness (QED) is 0.765. The molecule has 164 valence electrons. The number of aromatic nitrogens is 2. The number of nitrogens with zero attached hydrogens (tertiary/aromatic N) is 3. The summed E-state index contributed by atoms with van der Waals surface area (Å²) in [6, 6.07) is 7.59. The predicted molar refractivity (Wildman–Crippen MR) is 118 cm³/mol. The molecule has 2 fully saturated rings. The molecule has 1 N–H and O–H groups in total. The van der Waals surface area contributed by atoms with E-state index in [-0.39, 0.29) is 17.9 Å². The van der Waals surface area contributed by atoms with E-state index in [4.69, 9.17) is 4.74 Å². The summed E-state index contributed by atoms with van der Waals surface area (Å²) in [5, 5.41) is 12.7. The van der Waals surface area contributed by atoms with Gasteiger partial charge in [-0.2, -0.15) is 0 Å². The van der Waals surface area contributed by atoms with Gasteiger partial charge in [0.2, 0.25) is 11.0 Å². The van der Waals surface area contributed by atoms with Crippen molar-refractivity contribution in [2.75, 3.05) is 18.5 Å². The Morgan fingerprint density at radius 1 is 1.26 bits per heavy atom. The SMILES string of the molecule is CCc1nnc(NC(=O)[C@@H]2c3ccccc3C(=O)N(C[C@H]3CCCO3)C23CCCC3)s1. The molecule has 2 aromatic rings. The Morgan fingerprint density at radius 2 is 2.06 bits per heavy atom. The van der Waals surface area contributed by atoms with Gasteiger partial charge in [-0.25, -0.2) is 0 Å². The van der Waals surface area contributed by atoms with Gasteiger partial charge in [0.05, 0.1) is 17.6 Å². The smallest absolute Gasteiger partial charge is 0.254 e. The van der Waals surface area contributed by atoms with E-state index in [0.717, 1.165) is 62.1 Å². The van der Waals surface area contributed by atoms with Crippen LogP contribution in [0.5, 0.6) is 0 Å². The van der Waals surface area contributed by atoms with E-state index in [1.54, 1.807) is 0 Å². The minimum atomic E-state index is -0.514. The molecule has 3 heterocycles. The van der Waals surface area contributed by atoms with Crippen molar-refractivity contribution in [2.24, 2.45) is 0 Å². The summed E-state index contributed by atoms with van der Waals surface area (Å²) in [6.07, 6.45) is 6.50. The molecule has 3 aliphatic rings. The maximum absolute atomic E-state index is 13.7. The number of fused-ring (bicyclic) bond motifs is 1. The van der Waals surface area contributed by atoms with Crippen molar-refractivity contribution in [1.29, 1.82) is 0 Å². The molecule has 1 aromatic carbocycles. The Kier molecular flexibility index (Phi) is 5.52. The Hall–Kier alpha value is -2.32. The highest BCUT2D eigenvalue weighted by Gasteiger charge is 2.56. The van der Waals surface area contributed by atoms with Crippen LogP contribution in [0.4, 0.5) is 5.13 Å². The number of amides is 2. The van der Waals surface area contributed by atoms with Crippen LogP contribution in [-0.2, 0) is 16.0 Å². The molecule has 1 saturated heterocycles. The largest absolute Gasteiger partial charge is 0.376 e. The molecule has 1 saturated carbocycles. The maximum Gasteiger partial charge on any atom is 0.254 e. The minimum Gasteiger partial charge on any atom is -0.376 e. The van der Waals surface area contributed by atoms with Gasteiger partial charge < -0.3 is 9.64 Å². The summed E-state index contributed by atoms with van der Waals surface area (Å²) in [6.45, 7) is 3.32. The Balaban J connectivity index is 1.55. The lowest BCUT2D eigenvalue weighted by molar-refractivity contribution is -0.121. The second-order valence-corrected chi connectivity index (χ2v) is 9.79. The zero-order chi connectivity index (χ0) is 21.4. The zero-order valence-electron chi connectivity index (χ0n) is 17.8. The topological polar surface area (TPSA) is 84.4 Å². The van der Waals surface area contributed by atoms with Gasteiger partial charge in [-0.05, 0) is 43.7 Å². The molecule has 7 nitrogen and oxygen atoms in total. The summed E-state index contributed by atoms with van der Waals surface area (Å²) in [7, 11) is 0. The van der Waals surface area contributed by atoms with Crippen molar-refractivity contribution in [1.82, 2.24) is 15.1 Å². The van der Waals surface area contributed by atoms with Crippen LogP contribution in [0.15, 0.2) is 24.3 Å². The summed E-state index contributed by atoms with van der Waals surface area (Å²) in [4.78, 5) is 29.4. The lowest BCUT2D eigenvalue weighted by Crippen LogP contribution is -2.61. The molecule has 0 bridgehead atoms. The van der Waals surface area contributed by atoms with E-state index in [1.165, 1.54) is 11.3 Å². The van der Waals surface area contributed by atoms with E-state index >= 15 is 0 Å². The number of aryl methyl sites for hydroxylation is 1. The van der Waals surface area contributed by atoms with E-state index in [0.29, 0.717) is 17.2 Å². The first-order chi connectivity index (χ1) is 15.1. The van der Waals surface area contributed by atoms with Crippen molar-refractivity contribution in [3.63, 3.8) is 0 Å². The van der Waals surface area contributed by atoms with Gasteiger partial charge in [0.25, 0.3) is 5.91 Å². The summed E-state index contributed by atoms with van der Waals surface area (Å²) in [5.74, 6) is -0.501. The number of carbonyl (C=O) groups excluding carboxylic acids is 2. The van der Waals surface area contributed by atoms with Crippen LogP contribution in [0.25, 0.3) is 0 Å². The van der Waals surface area contributed by atoms with Crippen molar-refractivity contribution in [3.8, 4) is 0 Å². The zero-order valence-corrected chi connectivity index (χ0v) is 18.6. The molecule has 0 unspecified atom stereocenters. The lowest BCUT2D eigenvalue weighted by Gasteiger charge is -2.50. The first-order valence-electron chi connectivity index (χ1n) is 11.3. The third kappa shape index (κ3) is 3.55. The number of hydrogen-bond acceptors (Lipinski definition) is 6. The molecule has 31 heavy (non-hydrogen) atoms. The number of hydrogen-bond donors (Lipinski definition) is 1. The standard InChI is InChI=1S/C23H28N4O3S/c1-2-18-25-26-22(31-18)24-20(28)19-16-9-3-4-10-17(16)21(29)27(14-15-8-7-13-30-15)23(19)11-5-6-12-23/h3-4,9-10,15,19H,2,5-8,11-14H2,1H3,(H,24,26,28)/t15-,19+/m1/s1. The number of ether oxygens (including phenoxy) is 1. The normalized spacial score (nSPS) is 24.5. The molecule has 5 rings (SSSR count). The van der Waals surface area contributed by atoms with Crippen LogP contribution in [0.3, 0.4) is 0 Å². The Labute approximate surface area is 186 Å². The highest BCUT2D eigenvalue weighted by atomic mass is 32.1. The number of benzene rings is 1. The van der Waals surface area contributed by atoms with Gasteiger partial charge in [-0.15, -0.1) is 10.2 Å². The highest BCUT2D eigenvalue weighted by molar-refractivity contribution is 7.15. The highest BCUT2D eigenvalue weighted by Crippen LogP contribution is 2.51. The molecule has 0 radical (unpaired) electrons. The number of anilines is 1. The lowest BCUT2D eigenvalue weighted by atomic mass is 9.71. The van der Waals surface area contributed by atoms with Crippen LogP contribution in [-0.4, -0.2) is 51.7 Å². The fourth-order valence-electron chi connectivity index (χ4n) is 5.55. The van der Waals surface area contributed by atoms with E-state index in [2.05, 4.69) is 15.5 Å². The average molecular weight is 441 g/mol. The van der Waals surface area contributed by atoms with Crippen molar-refractivity contribution in [3.05, 3.63) is 40.4 Å². The molecule has 1 spiro atoms. The Bertz CT molecular complexity index is 979. The van der Waals surface area contributed by atoms with Gasteiger partial charge >= 0.3 is 0 Å². The number of carbonyl (C=O) groups is 2. The fourth-order valence-corrected chi connectivity index (χ4v) is 6.23. The first kappa shape index (κ1) is 20.6. The number of nitrogens with one attached hydrogen (secondary N) is 1. The van der Waals surface area contributed by atoms with Gasteiger partial charge in [0.15, 0.2) is 0 Å². The second-order valence-electron chi connectivity index (χ2n) is 8.73. The second kappa shape index (κ2) is 8.31. The molecule has 2 aliphatic heterocycles. The Morgan fingerprint density at radius 3 is 2.77 bits per heavy atom. The van der Waals surface area contributed by atoms with Crippen LogP contribution in [0.1, 0.15) is 72.3 Å². The maximum atomic E-state index is 13.7. The van der Waals surface area contributed by atoms with Crippen molar-refractivity contribution >= 4 is 28.3 Å².